The third-order valence-electron chi connectivity index (χ3n) is 5.11. The number of halogens is 1. The Hall–Kier alpha value is -0.740. The maximum atomic E-state index is 5.81. The van der Waals surface area contributed by atoms with Crippen LogP contribution in [-0.4, -0.2) is 72.3 Å². The molecular weight excluding hydrogens is 485 g/mol. The highest BCUT2D eigenvalue weighted by molar-refractivity contribution is 14.0. The topological polar surface area (TPSA) is 53.0 Å². The quantitative estimate of drug-likeness (QED) is 0.375. The van der Waals surface area contributed by atoms with Gasteiger partial charge in [0.1, 0.15) is 5.82 Å². The van der Waals surface area contributed by atoms with Crippen LogP contribution in [0.4, 0.5) is 5.82 Å². The number of morpholine rings is 1. The van der Waals surface area contributed by atoms with E-state index in [1.165, 1.54) is 17.7 Å². The van der Waals surface area contributed by atoms with Crippen molar-refractivity contribution in [3.63, 3.8) is 0 Å². The molecule has 2 fully saturated rings. The van der Waals surface area contributed by atoms with Crippen molar-refractivity contribution in [1.82, 2.24) is 15.2 Å². The molecule has 0 aliphatic carbocycles. The number of guanidine groups is 1. The normalized spacial score (nSPS) is 26.0. The number of hydrogen-bond donors (Lipinski definition) is 1. The van der Waals surface area contributed by atoms with Crippen molar-refractivity contribution in [3.05, 3.63) is 23.9 Å². The van der Waals surface area contributed by atoms with Crippen LogP contribution >= 0.6 is 35.7 Å². The van der Waals surface area contributed by atoms with Gasteiger partial charge in [0, 0.05) is 57.0 Å². The highest BCUT2D eigenvalue weighted by atomic mass is 127. The number of ether oxygens (including phenoxy) is 1. The molecule has 2 aliphatic rings. The summed E-state index contributed by atoms with van der Waals surface area (Å²) in [5.74, 6) is 3.20. The Morgan fingerprint density at radius 1 is 1.29 bits per heavy atom. The van der Waals surface area contributed by atoms with E-state index in [1.807, 2.05) is 13.2 Å². The van der Waals surface area contributed by atoms with Crippen molar-refractivity contribution in [3.8, 4) is 0 Å². The maximum absolute atomic E-state index is 5.81. The molecule has 0 bridgehead atoms. The van der Waals surface area contributed by atoms with E-state index in [9.17, 15) is 0 Å². The summed E-state index contributed by atoms with van der Waals surface area (Å²) in [5.41, 5.74) is 1.17. The molecule has 0 spiro atoms. The lowest BCUT2D eigenvalue weighted by molar-refractivity contribution is -0.00545. The van der Waals surface area contributed by atoms with Crippen molar-refractivity contribution in [1.29, 1.82) is 0 Å². The van der Waals surface area contributed by atoms with Gasteiger partial charge in [0.25, 0.3) is 0 Å². The Morgan fingerprint density at radius 3 is 2.64 bits per heavy atom. The van der Waals surface area contributed by atoms with E-state index < -0.39 is 0 Å². The number of nitrogens with one attached hydrogen (secondary N) is 1. The van der Waals surface area contributed by atoms with Gasteiger partial charge < -0.3 is 19.9 Å². The zero-order chi connectivity index (χ0) is 19.2. The molecule has 0 radical (unpaired) electrons. The molecule has 1 N–H and O–H groups in total. The van der Waals surface area contributed by atoms with Crippen LogP contribution in [0.15, 0.2) is 23.3 Å². The van der Waals surface area contributed by atoms with Gasteiger partial charge in [-0.2, -0.15) is 11.8 Å². The standard InChI is InChI=1S/C20H33N5OS.HI/c1-5-18-14-24(8-9-27-18)20(21-4)23-11-17-6-7-19(22-10-17)25-12-15(2)26-16(3)13-25;/h6-7,10,15-16,18H,5,8-9,11-14H2,1-4H3,(H,21,23);1H. The van der Waals surface area contributed by atoms with Gasteiger partial charge in [-0.1, -0.05) is 13.0 Å². The molecule has 0 saturated carbocycles. The molecule has 0 amide bonds. The molecule has 1 aromatic heterocycles. The number of nitrogens with zero attached hydrogens (tertiary/aromatic N) is 4. The van der Waals surface area contributed by atoms with E-state index in [4.69, 9.17) is 4.74 Å². The van der Waals surface area contributed by atoms with Gasteiger partial charge in [-0.3, -0.25) is 4.99 Å². The van der Waals surface area contributed by atoms with Crippen molar-refractivity contribution in [2.24, 2.45) is 4.99 Å². The second-order valence-electron chi connectivity index (χ2n) is 7.43. The maximum Gasteiger partial charge on any atom is 0.193 e. The van der Waals surface area contributed by atoms with Crippen LogP contribution in [0.3, 0.4) is 0 Å². The first-order valence-corrected chi connectivity index (χ1v) is 11.1. The first-order valence-electron chi connectivity index (χ1n) is 10.0. The molecule has 1 aromatic rings. The summed E-state index contributed by atoms with van der Waals surface area (Å²) in [5, 5.41) is 4.21. The van der Waals surface area contributed by atoms with Crippen molar-refractivity contribution < 1.29 is 4.74 Å². The summed E-state index contributed by atoms with van der Waals surface area (Å²) in [6.45, 7) is 11.2. The number of rotatable bonds is 4. The average Bonchev–Trinajstić information content (AvgIpc) is 2.68. The minimum Gasteiger partial charge on any atom is -0.372 e. The molecule has 2 aliphatic heterocycles. The van der Waals surface area contributed by atoms with E-state index in [1.54, 1.807) is 0 Å². The van der Waals surface area contributed by atoms with Gasteiger partial charge in [-0.05, 0) is 31.9 Å². The number of aromatic nitrogens is 1. The molecule has 6 nitrogen and oxygen atoms in total. The third-order valence-corrected chi connectivity index (χ3v) is 6.48. The second-order valence-corrected chi connectivity index (χ2v) is 8.84. The average molecular weight is 519 g/mol. The van der Waals surface area contributed by atoms with Gasteiger partial charge in [-0.15, -0.1) is 24.0 Å². The second kappa shape index (κ2) is 11.4. The van der Waals surface area contributed by atoms with Crippen molar-refractivity contribution in [2.75, 3.05) is 43.9 Å². The lowest BCUT2D eigenvalue weighted by atomic mass is 10.2. The number of pyridine rings is 1. The molecule has 8 heteroatoms. The molecule has 158 valence electrons. The predicted molar refractivity (Wildman–Crippen MR) is 130 cm³/mol. The van der Waals surface area contributed by atoms with Crippen LogP contribution in [-0.2, 0) is 11.3 Å². The third kappa shape index (κ3) is 6.38. The highest BCUT2D eigenvalue weighted by Gasteiger charge is 2.23. The summed E-state index contributed by atoms with van der Waals surface area (Å²) in [6, 6.07) is 4.28. The molecule has 3 atom stereocenters. The molecular formula is C20H34IN5OS. The van der Waals surface area contributed by atoms with Gasteiger partial charge in [-0.25, -0.2) is 4.98 Å². The SMILES string of the molecule is CCC1CN(C(=NC)NCc2ccc(N3CC(C)OC(C)C3)nc2)CCS1.I. The largest absolute Gasteiger partial charge is 0.372 e. The first kappa shape index (κ1) is 23.5. The van der Waals surface area contributed by atoms with E-state index in [-0.39, 0.29) is 36.2 Å². The summed E-state index contributed by atoms with van der Waals surface area (Å²) in [4.78, 5) is 13.9. The molecule has 0 aromatic carbocycles. The highest BCUT2D eigenvalue weighted by Crippen LogP contribution is 2.21. The Labute approximate surface area is 190 Å². The minimum atomic E-state index is 0. The number of aliphatic imine (C=N–C) groups is 1. The Morgan fingerprint density at radius 2 is 2.04 bits per heavy atom. The van der Waals surface area contributed by atoms with Gasteiger partial charge >= 0.3 is 0 Å². The lowest BCUT2D eigenvalue weighted by Gasteiger charge is -2.36. The van der Waals surface area contributed by atoms with Crippen LogP contribution in [0.1, 0.15) is 32.8 Å². The zero-order valence-electron chi connectivity index (χ0n) is 17.4. The fourth-order valence-corrected chi connectivity index (χ4v) is 4.93. The fraction of sp³-hybridized carbons (Fsp3) is 0.700. The number of thioether (sulfide) groups is 1. The van der Waals surface area contributed by atoms with E-state index in [0.29, 0.717) is 5.25 Å². The summed E-state index contributed by atoms with van der Waals surface area (Å²) in [7, 11) is 1.87. The smallest absolute Gasteiger partial charge is 0.193 e. The van der Waals surface area contributed by atoms with Crippen molar-refractivity contribution in [2.45, 2.75) is 51.2 Å². The van der Waals surface area contributed by atoms with Gasteiger partial charge in [0.05, 0.1) is 12.2 Å². The Balaban J connectivity index is 0.00000280. The number of hydrogen-bond acceptors (Lipinski definition) is 5. The van der Waals surface area contributed by atoms with Gasteiger partial charge in [0.2, 0.25) is 0 Å². The van der Waals surface area contributed by atoms with Crippen LogP contribution in [0, 0.1) is 0 Å². The van der Waals surface area contributed by atoms with Crippen LogP contribution in [0.2, 0.25) is 0 Å². The first-order chi connectivity index (χ1) is 13.1. The molecule has 3 heterocycles. The van der Waals surface area contributed by atoms with E-state index in [0.717, 1.165) is 44.5 Å². The predicted octanol–water partition coefficient (Wildman–Crippen LogP) is 3.22. The summed E-state index contributed by atoms with van der Waals surface area (Å²) >= 11 is 2.08. The molecule has 28 heavy (non-hydrogen) atoms. The van der Waals surface area contributed by atoms with Crippen molar-refractivity contribution >= 4 is 47.5 Å². The van der Waals surface area contributed by atoms with Gasteiger partial charge in [0.15, 0.2) is 5.96 Å². The van der Waals surface area contributed by atoms with Crippen LogP contribution in [0.5, 0.6) is 0 Å². The molecule has 3 rings (SSSR count). The van der Waals surface area contributed by atoms with Crippen LogP contribution < -0.4 is 10.2 Å². The van der Waals surface area contributed by atoms with Crippen LogP contribution in [0.25, 0.3) is 0 Å². The fourth-order valence-electron chi connectivity index (χ4n) is 3.75. The van der Waals surface area contributed by atoms with E-state index >= 15 is 0 Å². The molecule has 2 saturated heterocycles. The number of anilines is 1. The monoisotopic (exact) mass is 519 g/mol. The lowest BCUT2D eigenvalue weighted by Crippen LogP contribution is -2.47. The van der Waals surface area contributed by atoms with E-state index in [2.05, 4.69) is 69.8 Å². The minimum absolute atomic E-state index is 0. The Kier molecular flexibility index (Phi) is 9.62. The zero-order valence-corrected chi connectivity index (χ0v) is 20.6. The summed E-state index contributed by atoms with van der Waals surface area (Å²) < 4.78 is 5.81. The Bertz CT molecular complexity index is 620. The molecule has 3 unspecified atom stereocenters. The summed E-state index contributed by atoms with van der Waals surface area (Å²) in [6.07, 6.45) is 3.67.